The lowest BCUT2D eigenvalue weighted by Crippen LogP contribution is -2.30. The van der Waals surface area contributed by atoms with E-state index in [-0.39, 0.29) is 0 Å². The van der Waals surface area contributed by atoms with Gasteiger partial charge in [0.1, 0.15) is 0 Å². The molecule has 1 aromatic carbocycles. The average Bonchev–Trinajstić information content (AvgIpc) is 2.59. The van der Waals surface area contributed by atoms with Crippen LogP contribution in [0.5, 0.6) is 5.19 Å². The third kappa shape index (κ3) is 2.07. The van der Waals surface area contributed by atoms with Crippen molar-refractivity contribution >= 4 is 27.5 Å². The number of nitrogens with zero attached hydrogens (tertiary/aromatic N) is 1. The van der Waals surface area contributed by atoms with Gasteiger partial charge in [-0.3, -0.25) is 4.79 Å². The summed E-state index contributed by atoms with van der Waals surface area (Å²) in [6, 6.07) is 7.69. The Bertz CT molecular complexity index is 462. The molecule has 1 amide bonds. The van der Waals surface area contributed by atoms with Gasteiger partial charge in [0.2, 0.25) is 0 Å². The lowest BCUT2D eigenvalue weighted by Gasteiger charge is -2.06. The van der Waals surface area contributed by atoms with Gasteiger partial charge in [-0.1, -0.05) is 23.5 Å². The molecule has 0 fully saturated rings. The molecule has 2 N–H and O–H groups in total. The van der Waals surface area contributed by atoms with Crippen LogP contribution in [0.1, 0.15) is 6.92 Å². The Labute approximate surface area is 90.7 Å². The predicted molar refractivity (Wildman–Crippen MR) is 58.9 cm³/mol. The van der Waals surface area contributed by atoms with Crippen molar-refractivity contribution in [3.8, 4) is 5.19 Å². The topological polar surface area (TPSA) is 65.2 Å². The summed E-state index contributed by atoms with van der Waals surface area (Å²) in [5, 5.41) is 0.475. The molecule has 15 heavy (non-hydrogen) atoms. The number of carbonyl (C=O) groups excluding carboxylic acids is 1. The molecule has 1 aromatic heterocycles. The SMILES string of the molecule is CC(Oc1nc2ccccc2s1)C(N)=O. The Hall–Kier alpha value is -1.62. The van der Waals surface area contributed by atoms with Crippen LogP contribution >= 0.6 is 11.3 Å². The van der Waals surface area contributed by atoms with E-state index in [4.69, 9.17) is 10.5 Å². The van der Waals surface area contributed by atoms with E-state index in [0.29, 0.717) is 5.19 Å². The van der Waals surface area contributed by atoms with Crippen LogP contribution < -0.4 is 10.5 Å². The van der Waals surface area contributed by atoms with Crippen molar-refractivity contribution in [1.82, 2.24) is 4.98 Å². The molecule has 0 saturated carbocycles. The minimum Gasteiger partial charge on any atom is -0.457 e. The molecule has 2 aromatic rings. The molecule has 0 aliphatic heterocycles. The minimum absolute atomic E-state index is 0.475. The van der Waals surface area contributed by atoms with Crippen LogP contribution in [0.25, 0.3) is 10.2 Å². The van der Waals surface area contributed by atoms with Gasteiger partial charge in [-0.15, -0.1) is 0 Å². The number of aromatic nitrogens is 1. The largest absolute Gasteiger partial charge is 0.457 e. The lowest BCUT2D eigenvalue weighted by atomic mass is 10.3. The first kappa shape index (κ1) is 9.92. The summed E-state index contributed by atoms with van der Waals surface area (Å²) in [6.45, 7) is 1.61. The van der Waals surface area contributed by atoms with E-state index in [1.54, 1.807) is 6.92 Å². The smallest absolute Gasteiger partial charge is 0.275 e. The Kier molecular flexibility index (Phi) is 2.55. The summed E-state index contributed by atoms with van der Waals surface area (Å²) < 4.78 is 6.33. The molecule has 2 rings (SSSR count). The van der Waals surface area contributed by atoms with Crippen LogP contribution in [0.15, 0.2) is 24.3 Å². The fraction of sp³-hybridized carbons (Fsp3) is 0.200. The number of hydrogen-bond donors (Lipinski definition) is 1. The van der Waals surface area contributed by atoms with Crippen molar-refractivity contribution in [3.63, 3.8) is 0 Å². The third-order valence-corrected chi connectivity index (χ3v) is 2.88. The molecular weight excluding hydrogens is 212 g/mol. The van der Waals surface area contributed by atoms with Crippen LogP contribution in [0.3, 0.4) is 0 Å². The number of rotatable bonds is 3. The molecule has 78 valence electrons. The summed E-state index contributed by atoms with van der Waals surface area (Å²) in [7, 11) is 0. The standard InChI is InChI=1S/C10H10N2O2S/c1-6(9(11)13)14-10-12-7-4-2-3-5-8(7)15-10/h2-6H,1H3,(H2,11,13). The molecule has 0 spiro atoms. The zero-order chi connectivity index (χ0) is 10.8. The molecule has 1 unspecified atom stereocenters. The molecule has 0 bridgehead atoms. The number of hydrogen-bond acceptors (Lipinski definition) is 4. The van der Waals surface area contributed by atoms with E-state index in [9.17, 15) is 4.79 Å². The van der Waals surface area contributed by atoms with Crippen molar-refractivity contribution in [3.05, 3.63) is 24.3 Å². The second kappa shape index (κ2) is 3.86. The monoisotopic (exact) mass is 222 g/mol. The number of benzene rings is 1. The van der Waals surface area contributed by atoms with Crippen LogP contribution in [-0.4, -0.2) is 17.0 Å². The van der Waals surface area contributed by atoms with Gasteiger partial charge in [0.15, 0.2) is 6.10 Å². The number of nitrogens with two attached hydrogens (primary N) is 1. The quantitative estimate of drug-likeness (QED) is 0.856. The number of carbonyl (C=O) groups is 1. The number of ether oxygens (including phenoxy) is 1. The van der Waals surface area contributed by atoms with E-state index in [0.717, 1.165) is 10.2 Å². The Balaban J connectivity index is 2.26. The van der Waals surface area contributed by atoms with Crippen LogP contribution in [-0.2, 0) is 4.79 Å². The maximum atomic E-state index is 10.8. The Morgan fingerprint density at radius 1 is 1.53 bits per heavy atom. The minimum atomic E-state index is -0.648. The first-order valence-corrected chi connectivity index (χ1v) is 5.30. The Morgan fingerprint density at radius 2 is 2.27 bits per heavy atom. The number of primary amides is 1. The lowest BCUT2D eigenvalue weighted by molar-refractivity contribution is -0.123. The zero-order valence-electron chi connectivity index (χ0n) is 8.14. The van der Waals surface area contributed by atoms with Gasteiger partial charge in [-0.05, 0) is 19.1 Å². The van der Waals surface area contributed by atoms with E-state index in [1.807, 2.05) is 24.3 Å². The molecule has 5 heteroatoms. The van der Waals surface area contributed by atoms with Crippen molar-refractivity contribution in [2.24, 2.45) is 5.73 Å². The van der Waals surface area contributed by atoms with Gasteiger partial charge in [0.25, 0.3) is 11.1 Å². The highest BCUT2D eigenvalue weighted by molar-refractivity contribution is 7.20. The first-order valence-electron chi connectivity index (χ1n) is 4.48. The number of fused-ring (bicyclic) bond motifs is 1. The van der Waals surface area contributed by atoms with Crippen molar-refractivity contribution in [2.75, 3.05) is 0 Å². The number of amides is 1. The Morgan fingerprint density at radius 3 is 2.93 bits per heavy atom. The summed E-state index contributed by atoms with van der Waals surface area (Å²) >= 11 is 1.40. The van der Waals surface area contributed by atoms with Gasteiger partial charge in [-0.2, -0.15) is 0 Å². The molecule has 0 aliphatic carbocycles. The third-order valence-electron chi connectivity index (χ3n) is 1.95. The van der Waals surface area contributed by atoms with E-state index < -0.39 is 12.0 Å². The molecule has 1 heterocycles. The normalized spacial score (nSPS) is 12.6. The maximum absolute atomic E-state index is 10.8. The van der Waals surface area contributed by atoms with Crippen LogP contribution in [0.2, 0.25) is 0 Å². The van der Waals surface area contributed by atoms with Crippen molar-refractivity contribution in [2.45, 2.75) is 13.0 Å². The molecule has 0 radical (unpaired) electrons. The highest BCUT2D eigenvalue weighted by Crippen LogP contribution is 2.27. The van der Waals surface area contributed by atoms with Gasteiger partial charge in [0, 0.05) is 0 Å². The van der Waals surface area contributed by atoms with Gasteiger partial charge in [-0.25, -0.2) is 4.98 Å². The van der Waals surface area contributed by atoms with Crippen LogP contribution in [0, 0.1) is 0 Å². The zero-order valence-corrected chi connectivity index (χ0v) is 8.95. The number of para-hydroxylation sites is 1. The predicted octanol–water partition coefficient (Wildman–Crippen LogP) is 1.55. The highest BCUT2D eigenvalue weighted by atomic mass is 32.1. The van der Waals surface area contributed by atoms with Crippen molar-refractivity contribution in [1.29, 1.82) is 0 Å². The molecule has 1 atom stereocenters. The van der Waals surface area contributed by atoms with Gasteiger partial charge < -0.3 is 10.5 Å². The second-order valence-corrected chi connectivity index (χ2v) is 4.10. The van der Waals surface area contributed by atoms with E-state index in [2.05, 4.69) is 4.98 Å². The molecular formula is C10H10N2O2S. The summed E-state index contributed by atoms with van der Waals surface area (Å²) in [5.41, 5.74) is 5.96. The summed E-state index contributed by atoms with van der Waals surface area (Å²) in [4.78, 5) is 15.0. The number of thiazole rings is 1. The highest BCUT2D eigenvalue weighted by Gasteiger charge is 2.13. The molecule has 0 saturated heterocycles. The fourth-order valence-corrected chi connectivity index (χ4v) is 2.00. The van der Waals surface area contributed by atoms with E-state index >= 15 is 0 Å². The fourth-order valence-electron chi connectivity index (χ4n) is 1.11. The van der Waals surface area contributed by atoms with Gasteiger partial charge >= 0.3 is 0 Å². The maximum Gasteiger partial charge on any atom is 0.275 e. The average molecular weight is 222 g/mol. The van der Waals surface area contributed by atoms with Gasteiger partial charge in [0.05, 0.1) is 10.2 Å². The molecule has 4 nitrogen and oxygen atoms in total. The summed E-state index contributed by atoms with van der Waals surface area (Å²) in [6.07, 6.45) is -0.648. The summed E-state index contributed by atoms with van der Waals surface area (Å²) in [5.74, 6) is -0.491. The molecule has 0 aliphatic rings. The van der Waals surface area contributed by atoms with Crippen LogP contribution in [0.4, 0.5) is 0 Å². The van der Waals surface area contributed by atoms with Crippen molar-refractivity contribution < 1.29 is 9.53 Å². The van der Waals surface area contributed by atoms with E-state index in [1.165, 1.54) is 11.3 Å². The second-order valence-electron chi connectivity index (χ2n) is 3.11. The first-order chi connectivity index (χ1) is 7.16.